The maximum atomic E-state index is 10.9. The van der Waals surface area contributed by atoms with Gasteiger partial charge in [0.25, 0.3) is 10.1 Å². The summed E-state index contributed by atoms with van der Waals surface area (Å²) in [7, 11) is -2.34. The molecular weight excluding hydrogens is 296 g/mol. The number of allylic oxidation sites excluding steroid dienone is 3. The summed E-state index contributed by atoms with van der Waals surface area (Å²) in [5, 5.41) is 14.5. The van der Waals surface area contributed by atoms with Crippen LogP contribution in [0.4, 0.5) is 0 Å². The summed E-state index contributed by atoms with van der Waals surface area (Å²) in [5.74, 6) is -1.22. The Morgan fingerprint density at radius 1 is 1.43 bits per heavy atom. The van der Waals surface area contributed by atoms with Crippen LogP contribution in [-0.4, -0.2) is 49.4 Å². The van der Waals surface area contributed by atoms with Gasteiger partial charge in [0.15, 0.2) is 0 Å². The van der Waals surface area contributed by atoms with E-state index >= 15 is 0 Å². The summed E-state index contributed by atoms with van der Waals surface area (Å²) in [5.41, 5.74) is 0.757. The zero-order valence-corrected chi connectivity index (χ0v) is 12.8. The molecule has 0 bridgehead atoms. The van der Waals surface area contributed by atoms with Crippen LogP contribution in [0.3, 0.4) is 0 Å². The van der Waals surface area contributed by atoms with Crippen molar-refractivity contribution >= 4 is 16.1 Å². The molecule has 0 aliphatic heterocycles. The molecule has 0 amide bonds. The second-order valence-corrected chi connectivity index (χ2v) is 5.85. The molecule has 0 aromatic carbocycles. The number of carbonyl (C=O) groups is 1. The topological polar surface area (TPSA) is 116 Å². The zero-order chi connectivity index (χ0) is 16.3. The van der Waals surface area contributed by atoms with E-state index in [2.05, 4.69) is 17.2 Å². The summed E-state index contributed by atoms with van der Waals surface area (Å²) in [4.78, 5) is 10.9. The Bertz CT molecular complexity index is 497. The van der Waals surface area contributed by atoms with Crippen LogP contribution in [0.15, 0.2) is 36.6 Å². The van der Waals surface area contributed by atoms with Gasteiger partial charge in [-0.2, -0.15) is 8.42 Å². The Kier molecular flexibility index (Phi) is 9.35. The number of hydrogen-bond donors (Lipinski definition) is 4. The van der Waals surface area contributed by atoms with Crippen LogP contribution in [0.5, 0.6) is 0 Å². The lowest BCUT2D eigenvalue weighted by molar-refractivity contribution is -0.139. The van der Waals surface area contributed by atoms with Gasteiger partial charge in [0.1, 0.15) is 6.04 Å². The summed E-state index contributed by atoms with van der Waals surface area (Å²) < 4.78 is 29.5. The lowest BCUT2D eigenvalue weighted by atomic mass is 10.1. The third kappa shape index (κ3) is 10.8. The maximum Gasteiger partial charge on any atom is 0.321 e. The van der Waals surface area contributed by atoms with E-state index in [1.54, 1.807) is 31.5 Å². The minimum Gasteiger partial charge on any atom is -0.480 e. The van der Waals surface area contributed by atoms with Crippen molar-refractivity contribution in [2.45, 2.75) is 18.9 Å². The number of hydrogen-bond acceptors (Lipinski definition) is 5. The van der Waals surface area contributed by atoms with E-state index in [0.29, 0.717) is 19.4 Å². The number of rotatable bonds is 11. The maximum absolute atomic E-state index is 10.9. The fourth-order valence-corrected chi connectivity index (χ4v) is 1.96. The normalized spacial score (nSPS) is 14.1. The first-order valence-electron chi connectivity index (χ1n) is 6.37. The highest BCUT2D eigenvalue weighted by Crippen LogP contribution is 2.07. The summed E-state index contributed by atoms with van der Waals surface area (Å²) >= 11 is 0. The van der Waals surface area contributed by atoms with Gasteiger partial charge < -0.3 is 15.7 Å². The van der Waals surface area contributed by atoms with Crippen molar-refractivity contribution in [1.82, 2.24) is 10.6 Å². The number of carboxylic acids is 1. The molecule has 0 saturated carbocycles. The lowest BCUT2D eigenvalue weighted by Crippen LogP contribution is -2.33. The molecule has 7 nitrogen and oxygen atoms in total. The first-order valence-corrected chi connectivity index (χ1v) is 7.98. The third-order valence-electron chi connectivity index (χ3n) is 2.60. The molecule has 0 aliphatic rings. The minimum absolute atomic E-state index is 0.288. The standard InChI is InChI=1S/C13H22N2O5S/c1-3-11(10-12(14-2)13(16)17)6-4-7-15-8-5-9-21(18,19)20/h3-4,6-7,12,14-15H,1,5,8-10H2,2H3,(H,16,17)(H,18,19,20)/b7-4-,11-6+/t12-/m0/s1. The van der Waals surface area contributed by atoms with Gasteiger partial charge >= 0.3 is 5.97 Å². The smallest absolute Gasteiger partial charge is 0.321 e. The van der Waals surface area contributed by atoms with Crippen LogP contribution in [0.25, 0.3) is 0 Å². The van der Waals surface area contributed by atoms with E-state index in [0.717, 1.165) is 5.57 Å². The second-order valence-electron chi connectivity index (χ2n) is 4.28. The molecule has 0 fully saturated rings. The van der Waals surface area contributed by atoms with Crippen molar-refractivity contribution in [1.29, 1.82) is 0 Å². The van der Waals surface area contributed by atoms with Crippen LogP contribution in [0.1, 0.15) is 12.8 Å². The lowest BCUT2D eigenvalue weighted by Gasteiger charge is -2.10. The molecular formula is C13H22N2O5S. The van der Waals surface area contributed by atoms with Crippen molar-refractivity contribution in [2.75, 3.05) is 19.3 Å². The molecule has 0 radical (unpaired) electrons. The summed E-state index contributed by atoms with van der Waals surface area (Å²) in [6.45, 7) is 4.03. The molecule has 0 rings (SSSR count). The summed E-state index contributed by atoms with van der Waals surface area (Å²) in [6, 6.07) is -0.676. The van der Waals surface area contributed by atoms with Gasteiger partial charge in [-0.15, -0.1) is 0 Å². The van der Waals surface area contributed by atoms with E-state index in [-0.39, 0.29) is 5.75 Å². The van der Waals surface area contributed by atoms with Gasteiger partial charge in [-0.1, -0.05) is 18.7 Å². The van der Waals surface area contributed by atoms with Crippen molar-refractivity contribution < 1.29 is 22.9 Å². The van der Waals surface area contributed by atoms with Gasteiger partial charge in [-0.3, -0.25) is 9.35 Å². The molecule has 0 aromatic rings. The number of carboxylic acid groups (broad SMARTS) is 1. The van der Waals surface area contributed by atoms with Gasteiger partial charge in [-0.25, -0.2) is 0 Å². The molecule has 1 atom stereocenters. The van der Waals surface area contributed by atoms with Gasteiger partial charge in [-0.05, 0) is 37.7 Å². The van der Waals surface area contributed by atoms with Crippen LogP contribution >= 0.6 is 0 Å². The third-order valence-corrected chi connectivity index (χ3v) is 3.40. The van der Waals surface area contributed by atoms with Gasteiger partial charge in [0.05, 0.1) is 5.75 Å². The fourth-order valence-electron chi connectivity index (χ4n) is 1.45. The van der Waals surface area contributed by atoms with Crippen LogP contribution in [0, 0.1) is 0 Å². The quantitative estimate of drug-likeness (QED) is 0.250. The van der Waals surface area contributed by atoms with E-state index in [1.165, 1.54) is 0 Å². The Hall–Kier alpha value is -1.64. The molecule has 0 aromatic heterocycles. The Balaban J connectivity index is 4.20. The first-order chi connectivity index (χ1) is 9.80. The Morgan fingerprint density at radius 3 is 2.57 bits per heavy atom. The Labute approximate surface area is 125 Å². The van der Waals surface area contributed by atoms with Crippen molar-refractivity contribution in [3.05, 3.63) is 36.6 Å². The number of aliphatic carboxylic acids is 1. The zero-order valence-electron chi connectivity index (χ0n) is 11.9. The molecule has 0 aliphatic carbocycles. The van der Waals surface area contributed by atoms with Gasteiger partial charge in [0, 0.05) is 6.54 Å². The van der Waals surface area contributed by atoms with Gasteiger partial charge in [0.2, 0.25) is 0 Å². The molecule has 21 heavy (non-hydrogen) atoms. The van der Waals surface area contributed by atoms with Crippen molar-refractivity contribution in [3.8, 4) is 0 Å². The van der Waals surface area contributed by atoms with Crippen molar-refractivity contribution in [2.24, 2.45) is 0 Å². The SMILES string of the molecule is C=C/C(=C\C=C/NCCCS(=O)(=O)O)C[C@H](NC)C(=O)O. The van der Waals surface area contributed by atoms with E-state index in [1.807, 2.05) is 0 Å². The fraction of sp³-hybridized carbons (Fsp3) is 0.462. The largest absolute Gasteiger partial charge is 0.480 e. The van der Waals surface area contributed by atoms with Crippen molar-refractivity contribution in [3.63, 3.8) is 0 Å². The molecule has 0 heterocycles. The monoisotopic (exact) mass is 318 g/mol. The van der Waals surface area contributed by atoms with E-state index < -0.39 is 22.1 Å². The molecule has 0 spiro atoms. The van der Waals surface area contributed by atoms with E-state index in [9.17, 15) is 13.2 Å². The average Bonchev–Trinajstić information content (AvgIpc) is 2.39. The predicted molar refractivity (Wildman–Crippen MR) is 81.6 cm³/mol. The molecule has 4 N–H and O–H groups in total. The number of likely N-dealkylation sites (N-methyl/N-ethyl adjacent to an activating group) is 1. The van der Waals surface area contributed by atoms with Crippen LogP contribution in [-0.2, 0) is 14.9 Å². The summed E-state index contributed by atoms with van der Waals surface area (Å²) in [6.07, 6.45) is 7.19. The second kappa shape index (κ2) is 10.1. The first kappa shape index (κ1) is 19.4. The molecule has 0 unspecified atom stereocenters. The highest BCUT2D eigenvalue weighted by atomic mass is 32.2. The molecule has 120 valence electrons. The van der Waals surface area contributed by atoms with Crippen LogP contribution < -0.4 is 10.6 Å². The Morgan fingerprint density at radius 2 is 2.10 bits per heavy atom. The predicted octanol–water partition coefficient (Wildman–Crippen LogP) is 0.543. The highest BCUT2D eigenvalue weighted by Gasteiger charge is 2.14. The highest BCUT2D eigenvalue weighted by molar-refractivity contribution is 7.85. The molecule has 0 saturated heterocycles. The average molecular weight is 318 g/mol. The molecule has 8 heteroatoms. The minimum atomic E-state index is -3.91. The van der Waals surface area contributed by atoms with Crippen LogP contribution in [0.2, 0.25) is 0 Å². The number of nitrogens with one attached hydrogen (secondary N) is 2. The van der Waals surface area contributed by atoms with E-state index in [4.69, 9.17) is 9.66 Å².